The van der Waals surface area contributed by atoms with Crippen molar-refractivity contribution in [2.24, 2.45) is 17.8 Å². The fourth-order valence-electron chi connectivity index (χ4n) is 2.03. The van der Waals surface area contributed by atoms with Gasteiger partial charge in [-0.25, -0.2) is 0 Å². The summed E-state index contributed by atoms with van der Waals surface area (Å²) in [7, 11) is 0. The largest absolute Gasteiger partial charge is 0.465 e. The van der Waals surface area contributed by atoms with E-state index >= 15 is 0 Å². The zero-order valence-corrected chi connectivity index (χ0v) is 10.1. The second kappa shape index (κ2) is 6.11. The first kappa shape index (κ1) is 12.5. The minimum Gasteiger partial charge on any atom is -0.465 e. The molecule has 1 heterocycles. The van der Waals surface area contributed by atoms with Gasteiger partial charge in [-0.2, -0.15) is 0 Å². The van der Waals surface area contributed by atoms with E-state index in [2.05, 4.69) is 26.1 Å². The third-order valence-corrected chi connectivity index (χ3v) is 3.11. The van der Waals surface area contributed by atoms with Crippen LogP contribution in [0.2, 0.25) is 0 Å². The highest BCUT2D eigenvalue weighted by molar-refractivity contribution is 5.73. The van der Waals surface area contributed by atoms with Gasteiger partial charge in [0.1, 0.15) is 0 Å². The molecule has 1 saturated heterocycles. The fourth-order valence-corrected chi connectivity index (χ4v) is 2.03. The molecular weight excluding hydrogens is 190 g/mol. The van der Waals surface area contributed by atoms with Crippen LogP contribution in [0.25, 0.3) is 0 Å². The van der Waals surface area contributed by atoms with Crippen LogP contribution < -0.4 is 5.32 Å². The Morgan fingerprint density at radius 1 is 1.53 bits per heavy atom. The average molecular weight is 213 g/mol. The zero-order chi connectivity index (χ0) is 11.3. The molecule has 1 N–H and O–H groups in total. The van der Waals surface area contributed by atoms with Gasteiger partial charge in [0.2, 0.25) is 0 Å². The number of nitrogens with one attached hydrogen (secondary N) is 1. The van der Waals surface area contributed by atoms with Gasteiger partial charge in [-0.3, -0.25) is 4.79 Å². The molecule has 0 aliphatic carbocycles. The second-order valence-corrected chi connectivity index (χ2v) is 4.77. The number of esters is 1. The molecule has 0 amide bonds. The van der Waals surface area contributed by atoms with Crippen molar-refractivity contribution in [3.8, 4) is 0 Å². The molecule has 1 unspecified atom stereocenters. The molecule has 0 bridgehead atoms. The fraction of sp³-hybridized carbons (Fsp3) is 0.917. The zero-order valence-electron chi connectivity index (χ0n) is 10.1. The van der Waals surface area contributed by atoms with Crippen LogP contribution in [-0.2, 0) is 9.53 Å². The standard InChI is InChI=1S/C12H23NO2/c1-4-5-9(2)8-15-12(14)11-7-13-6-10(11)3/h9-11,13H,4-8H2,1-3H3/t9?,10-,11-/m1/s1. The first-order valence-electron chi connectivity index (χ1n) is 6.02. The lowest BCUT2D eigenvalue weighted by atomic mass is 9.98. The van der Waals surface area contributed by atoms with Gasteiger partial charge in [0.05, 0.1) is 12.5 Å². The van der Waals surface area contributed by atoms with Crippen LogP contribution in [0.15, 0.2) is 0 Å². The number of hydrogen-bond donors (Lipinski definition) is 1. The Labute approximate surface area is 92.6 Å². The maximum atomic E-state index is 11.7. The Bertz CT molecular complexity index is 206. The van der Waals surface area contributed by atoms with E-state index in [9.17, 15) is 4.79 Å². The minimum absolute atomic E-state index is 0.0181. The number of carbonyl (C=O) groups excluding carboxylic acids is 1. The molecule has 0 aromatic carbocycles. The summed E-state index contributed by atoms with van der Waals surface area (Å²) in [6.07, 6.45) is 2.28. The Kier molecular flexibility index (Phi) is 5.09. The van der Waals surface area contributed by atoms with E-state index in [1.54, 1.807) is 0 Å². The second-order valence-electron chi connectivity index (χ2n) is 4.77. The predicted molar refractivity (Wildman–Crippen MR) is 60.6 cm³/mol. The van der Waals surface area contributed by atoms with Crippen LogP contribution in [0.3, 0.4) is 0 Å². The summed E-state index contributed by atoms with van der Waals surface area (Å²) in [5.74, 6) is 0.955. The lowest BCUT2D eigenvalue weighted by Gasteiger charge is -2.16. The van der Waals surface area contributed by atoms with Gasteiger partial charge < -0.3 is 10.1 Å². The molecule has 3 heteroatoms. The van der Waals surface area contributed by atoms with Crippen molar-refractivity contribution in [1.29, 1.82) is 0 Å². The Morgan fingerprint density at radius 2 is 2.27 bits per heavy atom. The van der Waals surface area contributed by atoms with Crippen LogP contribution in [0.5, 0.6) is 0 Å². The molecule has 0 aromatic rings. The van der Waals surface area contributed by atoms with Crippen molar-refractivity contribution < 1.29 is 9.53 Å². The molecule has 15 heavy (non-hydrogen) atoms. The molecule has 0 aromatic heterocycles. The Morgan fingerprint density at radius 3 is 2.80 bits per heavy atom. The van der Waals surface area contributed by atoms with Crippen molar-refractivity contribution in [2.75, 3.05) is 19.7 Å². The van der Waals surface area contributed by atoms with Gasteiger partial charge in [-0.05, 0) is 24.8 Å². The highest BCUT2D eigenvalue weighted by Crippen LogP contribution is 2.18. The molecule has 1 rings (SSSR count). The molecule has 88 valence electrons. The smallest absolute Gasteiger partial charge is 0.310 e. The first-order valence-corrected chi connectivity index (χ1v) is 6.02. The molecule has 1 fully saturated rings. The SMILES string of the molecule is CCCC(C)COC(=O)[C@@H]1CNC[C@H]1C. The molecule has 1 aliphatic rings. The predicted octanol–water partition coefficient (Wildman–Crippen LogP) is 1.82. The Hall–Kier alpha value is -0.570. The summed E-state index contributed by atoms with van der Waals surface area (Å²) in [5.41, 5.74) is 0. The highest BCUT2D eigenvalue weighted by Gasteiger charge is 2.30. The van der Waals surface area contributed by atoms with E-state index in [1.807, 2.05) is 0 Å². The third-order valence-electron chi connectivity index (χ3n) is 3.11. The average Bonchev–Trinajstić information content (AvgIpc) is 2.61. The topological polar surface area (TPSA) is 38.3 Å². The van der Waals surface area contributed by atoms with Crippen LogP contribution in [0, 0.1) is 17.8 Å². The molecule has 0 radical (unpaired) electrons. The molecule has 1 aliphatic heterocycles. The number of ether oxygens (including phenoxy) is 1. The van der Waals surface area contributed by atoms with Crippen LogP contribution in [-0.4, -0.2) is 25.7 Å². The van der Waals surface area contributed by atoms with Crippen molar-refractivity contribution in [3.63, 3.8) is 0 Å². The normalized spacial score (nSPS) is 27.7. The monoisotopic (exact) mass is 213 g/mol. The number of carbonyl (C=O) groups is 1. The van der Waals surface area contributed by atoms with Crippen LogP contribution >= 0.6 is 0 Å². The first-order chi connectivity index (χ1) is 7.15. The van der Waals surface area contributed by atoms with Gasteiger partial charge in [-0.1, -0.05) is 27.2 Å². The van der Waals surface area contributed by atoms with Crippen molar-refractivity contribution >= 4 is 5.97 Å². The van der Waals surface area contributed by atoms with Gasteiger partial charge >= 0.3 is 5.97 Å². The van der Waals surface area contributed by atoms with E-state index in [1.165, 1.54) is 0 Å². The van der Waals surface area contributed by atoms with Gasteiger partial charge in [0.25, 0.3) is 0 Å². The summed E-state index contributed by atoms with van der Waals surface area (Å²) >= 11 is 0. The molecule has 0 saturated carbocycles. The van der Waals surface area contributed by atoms with Crippen LogP contribution in [0.4, 0.5) is 0 Å². The van der Waals surface area contributed by atoms with Crippen LogP contribution in [0.1, 0.15) is 33.6 Å². The number of rotatable bonds is 5. The molecule has 0 spiro atoms. The van der Waals surface area contributed by atoms with E-state index in [0.29, 0.717) is 18.4 Å². The van der Waals surface area contributed by atoms with Crippen molar-refractivity contribution in [2.45, 2.75) is 33.6 Å². The molecule has 3 nitrogen and oxygen atoms in total. The summed E-state index contributed by atoms with van der Waals surface area (Å²) in [6, 6.07) is 0. The maximum Gasteiger partial charge on any atom is 0.310 e. The summed E-state index contributed by atoms with van der Waals surface area (Å²) in [5, 5.41) is 3.21. The van der Waals surface area contributed by atoms with E-state index in [-0.39, 0.29) is 11.9 Å². The lowest BCUT2D eigenvalue weighted by Crippen LogP contribution is -2.25. The van der Waals surface area contributed by atoms with Gasteiger partial charge in [0, 0.05) is 6.54 Å². The van der Waals surface area contributed by atoms with Gasteiger partial charge in [0.15, 0.2) is 0 Å². The molecule has 3 atom stereocenters. The van der Waals surface area contributed by atoms with E-state index in [0.717, 1.165) is 25.9 Å². The van der Waals surface area contributed by atoms with E-state index in [4.69, 9.17) is 4.74 Å². The third kappa shape index (κ3) is 3.82. The van der Waals surface area contributed by atoms with Crippen molar-refractivity contribution in [3.05, 3.63) is 0 Å². The summed E-state index contributed by atoms with van der Waals surface area (Å²) in [6.45, 7) is 8.68. The van der Waals surface area contributed by atoms with E-state index < -0.39 is 0 Å². The number of hydrogen-bond acceptors (Lipinski definition) is 3. The quantitative estimate of drug-likeness (QED) is 0.708. The van der Waals surface area contributed by atoms with Crippen molar-refractivity contribution in [1.82, 2.24) is 5.32 Å². The van der Waals surface area contributed by atoms with Gasteiger partial charge in [-0.15, -0.1) is 0 Å². The summed E-state index contributed by atoms with van der Waals surface area (Å²) in [4.78, 5) is 11.7. The minimum atomic E-state index is -0.0181. The highest BCUT2D eigenvalue weighted by atomic mass is 16.5. The lowest BCUT2D eigenvalue weighted by molar-refractivity contribution is -0.150. The molecular formula is C12H23NO2. The maximum absolute atomic E-state index is 11.7. The summed E-state index contributed by atoms with van der Waals surface area (Å²) < 4.78 is 5.33. The Balaban J connectivity index is 2.23.